The maximum absolute atomic E-state index is 13.0. The molecule has 28 heavy (non-hydrogen) atoms. The number of hydrogen-bond acceptors (Lipinski definition) is 3. The zero-order chi connectivity index (χ0) is 20.3. The number of carbonyl (C=O) groups excluding carboxylic acids is 3. The monoisotopic (exact) mass is 383 g/mol. The molecule has 1 fully saturated rings. The largest absolute Gasteiger partial charge is 0.353 e. The van der Waals surface area contributed by atoms with Crippen molar-refractivity contribution in [2.45, 2.75) is 26.3 Å². The quantitative estimate of drug-likeness (QED) is 0.851. The van der Waals surface area contributed by atoms with E-state index in [2.05, 4.69) is 10.6 Å². The van der Waals surface area contributed by atoms with Gasteiger partial charge in [-0.25, -0.2) is 4.39 Å². The first-order valence-corrected chi connectivity index (χ1v) is 9.06. The van der Waals surface area contributed by atoms with Crippen LogP contribution in [0.5, 0.6) is 0 Å². The molecule has 2 aromatic rings. The highest BCUT2D eigenvalue weighted by molar-refractivity contribution is 6.01. The Hall–Kier alpha value is -3.22. The lowest BCUT2D eigenvalue weighted by molar-refractivity contribution is -0.131. The lowest BCUT2D eigenvalue weighted by Gasteiger charge is -2.35. The molecule has 146 valence electrons. The summed E-state index contributed by atoms with van der Waals surface area (Å²) >= 11 is 0. The molecular formula is C21H22FN3O3. The summed E-state index contributed by atoms with van der Waals surface area (Å²) in [4.78, 5) is 39.2. The first-order valence-electron chi connectivity index (χ1n) is 9.06. The van der Waals surface area contributed by atoms with Gasteiger partial charge in [0.05, 0.1) is 6.42 Å². The number of amides is 3. The molecule has 0 saturated carbocycles. The average Bonchev–Trinajstić information content (AvgIpc) is 2.67. The fourth-order valence-electron chi connectivity index (χ4n) is 3.12. The summed E-state index contributed by atoms with van der Waals surface area (Å²) in [5.41, 5.74) is 2.97. The molecule has 0 bridgehead atoms. The van der Waals surface area contributed by atoms with E-state index in [4.69, 9.17) is 0 Å². The molecule has 0 aromatic heterocycles. The molecule has 3 amide bonds. The minimum Gasteiger partial charge on any atom is -0.353 e. The molecule has 2 aromatic carbocycles. The molecule has 3 rings (SSSR count). The molecule has 0 unspecified atom stereocenters. The molecule has 1 aliphatic heterocycles. The maximum atomic E-state index is 13.0. The fourth-order valence-corrected chi connectivity index (χ4v) is 3.12. The van der Waals surface area contributed by atoms with Crippen molar-refractivity contribution in [1.82, 2.24) is 10.2 Å². The molecule has 1 heterocycles. The molecule has 1 saturated heterocycles. The number of hydrogen-bond donors (Lipinski definition) is 2. The fraction of sp³-hybridized carbons (Fsp3) is 0.286. The number of rotatable bonds is 4. The van der Waals surface area contributed by atoms with E-state index in [0.717, 1.165) is 11.1 Å². The Morgan fingerprint density at radius 3 is 2.54 bits per heavy atom. The van der Waals surface area contributed by atoms with Crippen molar-refractivity contribution < 1.29 is 18.8 Å². The molecule has 0 aliphatic carbocycles. The van der Waals surface area contributed by atoms with Crippen LogP contribution in [0.4, 0.5) is 10.1 Å². The number of aryl methyl sites for hydroxylation is 2. The Morgan fingerprint density at radius 1 is 1.14 bits per heavy atom. The lowest BCUT2D eigenvalue weighted by Crippen LogP contribution is -2.58. The summed E-state index contributed by atoms with van der Waals surface area (Å²) in [7, 11) is 0. The van der Waals surface area contributed by atoms with Crippen LogP contribution >= 0.6 is 0 Å². The van der Waals surface area contributed by atoms with Gasteiger partial charge >= 0.3 is 0 Å². The Labute approximate surface area is 162 Å². The van der Waals surface area contributed by atoms with E-state index in [0.29, 0.717) is 24.3 Å². The maximum Gasteiger partial charge on any atom is 0.254 e. The Morgan fingerprint density at radius 2 is 1.86 bits per heavy atom. The Kier molecular flexibility index (Phi) is 5.73. The highest BCUT2D eigenvalue weighted by Gasteiger charge is 2.35. The van der Waals surface area contributed by atoms with Crippen LogP contribution in [-0.2, 0) is 9.59 Å². The topological polar surface area (TPSA) is 78.5 Å². The van der Waals surface area contributed by atoms with E-state index in [1.165, 1.54) is 29.2 Å². The van der Waals surface area contributed by atoms with E-state index in [9.17, 15) is 18.8 Å². The highest BCUT2D eigenvalue weighted by Crippen LogP contribution is 2.18. The van der Waals surface area contributed by atoms with Gasteiger partial charge in [0, 0.05) is 24.3 Å². The SMILES string of the molecule is Cc1ccc(C(=O)N2CCNC(=O)[C@@H]2CC(=O)Nc2ccc(F)cc2)cc1C. The van der Waals surface area contributed by atoms with Crippen molar-refractivity contribution in [3.8, 4) is 0 Å². The van der Waals surface area contributed by atoms with Crippen molar-refractivity contribution >= 4 is 23.4 Å². The zero-order valence-corrected chi connectivity index (χ0v) is 15.8. The summed E-state index contributed by atoms with van der Waals surface area (Å²) in [6, 6.07) is 9.83. The number of nitrogens with one attached hydrogen (secondary N) is 2. The van der Waals surface area contributed by atoms with Gasteiger partial charge in [0.25, 0.3) is 5.91 Å². The zero-order valence-electron chi connectivity index (χ0n) is 15.8. The van der Waals surface area contributed by atoms with Gasteiger partial charge in [-0.05, 0) is 61.4 Å². The van der Waals surface area contributed by atoms with Crippen LogP contribution in [-0.4, -0.2) is 41.8 Å². The normalized spacial score (nSPS) is 16.5. The van der Waals surface area contributed by atoms with E-state index in [-0.39, 0.29) is 18.2 Å². The smallest absolute Gasteiger partial charge is 0.254 e. The van der Waals surface area contributed by atoms with Crippen molar-refractivity contribution in [3.05, 3.63) is 65.0 Å². The first-order chi connectivity index (χ1) is 13.3. The molecule has 6 nitrogen and oxygen atoms in total. The molecule has 0 radical (unpaired) electrons. The van der Waals surface area contributed by atoms with Crippen LogP contribution in [0.3, 0.4) is 0 Å². The van der Waals surface area contributed by atoms with E-state index in [1.807, 2.05) is 19.9 Å². The number of halogens is 1. The second-order valence-electron chi connectivity index (χ2n) is 6.86. The lowest BCUT2D eigenvalue weighted by atomic mass is 10.0. The van der Waals surface area contributed by atoms with Crippen LogP contribution in [0.2, 0.25) is 0 Å². The minimum atomic E-state index is -0.900. The minimum absolute atomic E-state index is 0.181. The van der Waals surface area contributed by atoms with Gasteiger partial charge in [-0.2, -0.15) is 0 Å². The van der Waals surface area contributed by atoms with Crippen LogP contribution in [0.15, 0.2) is 42.5 Å². The third-order valence-electron chi connectivity index (χ3n) is 4.85. The molecular weight excluding hydrogens is 361 g/mol. The summed E-state index contributed by atoms with van der Waals surface area (Å²) in [6.07, 6.45) is -0.181. The molecule has 0 spiro atoms. The number of anilines is 1. The van der Waals surface area contributed by atoms with Crippen LogP contribution in [0.25, 0.3) is 0 Å². The number of piperazine rings is 1. The standard InChI is InChI=1S/C21H22FN3O3/c1-13-3-4-15(11-14(13)2)21(28)25-10-9-23-20(27)18(25)12-19(26)24-17-7-5-16(22)6-8-17/h3-8,11,18H,9-10,12H2,1-2H3,(H,23,27)(H,24,26)/t18-/m0/s1. The van der Waals surface area contributed by atoms with E-state index in [1.54, 1.807) is 12.1 Å². The average molecular weight is 383 g/mol. The van der Waals surface area contributed by atoms with Gasteiger partial charge in [0.2, 0.25) is 11.8 Å². The molecule has 1 aliphatic rings. The van der Waals surface area contributed by atoms with Gasteiger partial charge in [0.15, 0.2) is 0 Å². The van der Waals surface area contributed by atoms with Gasteiger partial charge in [-0.3, -0.25) is 14.4 Å². The van der Waals surface area contributed by atoms with Crippen LogP contribution < -0.4 is 10.6 Å². The first kappa shape index (κ1) is 19.5. The Bertz CT molecular complexity index is 912. The van der Waals surface area contributed by atoms with Gasteiger partial charge < -0.3 is 15.5 Å². The third-order valence-corrected chi connectivity index (χ3v) is 4.85. The van der Waals surface area contributed by atoms with Crippen LogP contribution in [0.1, 0.15) is 27.9 Å². The van der Waals surface area contributed by atoms with Crippen molar-refractivity contribution in [1.29, 1.82) is 0 Å². The summed E-state index contributed by atoms with van der Waals surface area (Å²) in [5.74, 6) is -1.48. The Balaban J connectivity index is 1.75. The van der Waals surface area contributed by atoms with Crippen LogP contribution in [0, 0.1) is 19.7 Å². The number of nitrogens with zero attached hydrogens (tertiary/aromatic N) is 1. The molecule has 1 atom stereocenters. The third kappa shape index (κ3) is 4.36. The van der Waals surface area contributed by atoms with Gasteiger partial charge in [0.1, 0.15) is 11.9 Å². The summed E-state index contributed by atoms with van der Waals surface area (Å²) in [6.45, 7) is 4.54. The van der Waals surface area contributed by atoms with Crippen molar-refractivity contribution in [2.75, 3.05) is 18.4 Å². The van der Waals surface area contributed by atoms with E-state index >= 15 is 0 Å². The molecule has 7 heteroatoms. The summed E-state index contributed by atoms with van der Waals surface area (Å²) < 4.78 is 13.0. The van der Waals surface area contributed by atoms with E-state index < -0.39 is 17.8 Å². The second-order valence-corrected chi connectivity index (χ2v) is 6.86. The molecule has 2 N–H and O–H groups in total. The summed E-state index contributed by atoms with van der Waals surface area (Å²) in [5, 5.41) is 5.33. The highest BCUT2D eigenvalue weighted by atomic mass is 19.1. The predicted molar refractivity (Wildman–Crippen MR) is 103 cm³/mol. The van der Waals surface area contributed by atoms with Gasteiger partial charge in [-0.1, -0.05) is 6.07 Å². The number of carbonyl (C=O) groups is 3. The van der Waals surface area contributed by atoms with Gasteiger partial charge in [-0.15, -0.1) is 0 Å². The van der Waals surface area contributed by atoms with Crippen molar-refractivity contribution in [3.63, 3.8) is 0 Å². The second kappa shape index (κ2) is 8.21. The number of benzene rings is 2. The predicted octanol–water partition coefficient (Wildman–Crippen LogP) is 2.41. The van der Waals surface area contributed by atoms with Crippen molar-refractivity contribution in [2.24, 2.45) is 0 Å².